The number of hydrogen-bond acceptors (Lipinski definition) is 2. The maximum atomic E-state index is 11.9. The highest BCUT2D eigenvalue weighted by Gasteiger charge is 2.31. The van der Waals surface area contributed by atoms with Crippen molar-refractivity contribution in [2.75, 3.05) is 13.1 Å². The smallest absolute Gasteiger partial charge is 0.315 e. The van der Waals surface area contributed by atoms with Gasteiger partial charge in [0.15, 0.2) is 0 Å². The second kappa shape index (κ2) is 6.48. The van der Waals surface area contributed by atoms with Crippen molar-refractivity contribution in [3.8, 4) is 0 Å². The Morgan fingerprint density at radius 1 is 1.14 bits per heavy atom. The Morgan fingerprint density at radius 3 is 2.43 bits per heavy atom. The number of rotatable bonds is 4. The van der Waals surface area contributed by atoms with Gasteiger partial charge in [-0.3, -0.25) is 0 Å². The molecule has 1 aliphatic heterocycles. The van der Waals surface area contributed by atoms with E-state index in [1.54, 1.807) is 0 Å². The average Bonchev–Trinajstić information content (AvgIpc) is 3.32. The van der Waals surface area contributed by atoms with Crippen LogP contribution in [0.4, 0.5) is 4.79 Å². The summed E-state index contributed by atoms with van der Waals surface area (Å²) in [5, 5.41) is 6.05. The van der Waals surface area contributed by atoms with Gasteiger partial charge in [0.1, 0.15) is 0 Å². The Balaban J connectivity index is 1.37. The van der Waals surface area contributed by atoms with E-state index in [4.69, 9.17) is 0 Å². The van der Waals surface area contributed by atoms with Crippen molar-refractivity contribution in [3.05, 3.63) is 35.4 Å². The zero-order chi connectivity index (χ0) is 14.7. The molecule has 0 atom stereocenters. The van der Waals surface area contributed by atoms with E-state index >= 15 is 0 Å². The molecule has 1 aliphatic carbocycles. The van der Waals surface area contributed by atoms with Crippen LogP contribution >= 0.6 is 0 Å². The number of amides is 2. The number of likely N-dealkylation sites (tertiary alicyclic amines) is 1. The summed E-state index contributed by atoms with van der Waals surface area (Å²) >= 11 is 0. The van der Waals surface area contributed by atoms with Crippen molar-refractivity contribution < 1.29 is 4.79 Å². The average molecular weight is 287 g/mol. The minimum atomic E-state index is -0.0413. The SMILES string of the molecule is Cc1ccc(CNC(=O)NC2CCN(C3CC3)CC2)cc1. The predicted octanol–water partition coefficient (Wildman–Crippen LogP) is 2.42. The molecule has 3 rings (SSSR count). The fourth-order valence-electron chi connectivity index (χ4n) is 2.97. The van der Waals surface area contributed by atoms with Gasteiger partial charge in [0, 0.05) is 31.7 Å². The second-order valence-corrected chi connectivity index (χ2v) is 6.35. The first-order valence-electron chi connectivity index (χ1n) is 8.04. The minimum absolute atomic E-state index is 0.0413. The van der Waals surface area contributed by atoms with Gasteiger partial charge in [-0.05, 0) is 38.2 Å². The van der Waals surface area contributed by atoms with Gasteiger partial charge in [0.05, 0.1) is 0 Å². The maximum Gasteiger partial charge on any atom is 0.315 e. The van der Waals surface area contributed by atoms with Crippen LogP contribution in [0, 0.1) is 6.92 Å². The van der Waals surface area contributed by atoms with E-state index in [2.05, 4.69) is 46.7 Å². The molecular weight excluding hydrogens is 262 g/mol. The summed E-state index contributed by atoms with van der Waals surface area (Å²) in [6.45, 7) is 4.92. The van der Waals surface area contributed by atoms with Gasteiger partial charge in [-0.25, -0.2) is 4.79 Å². The number of nitrogens with zero attached hydrogens (tertiary/aromatic N) is 1. The summed E-state index contributed by atoms with van der Waals surface area (Å²) in [6.07, 6.45) is 4.90. The van der Waals surface area contributed by atoms with Crippen molar-refractivity contribution in [1.29, 1.82) is 0 Å². The Morgan fingerprint density at radius 2 is 1.81 bits per heavy atom. The van der Waals surface area contributed by atoms with Crippen molar-refractivity contribution in [2.24, 2.45) is 0 Å². The zero-order valence-electron chi connectivity index (χ0n) is 12.8. The van der Waals surface area contributed by atoms with E-state index in [0.717, 1.165) is 37.5 Å². The molecule has 1 heterocycles. The molecule has 1 aromatic rings. The number of urea groups is 1. The molecule has 2 aliphatic rings. The summed E-state index contributed by atoms with van der Waals surface area (Å²) in [6, 6.07) is 9.40. The first-order chi connectivity index (χ1) is 10.2. The standard InChI is InChI=1S/C17H25N3O/c1-13-2-4-14(5-3-13)12-18-17(21)19-15-8-10-20(11-9-15)16-6-7-16/h2-5,15-16H,6-12H2,1H3,(H2,18,19,21). The van der Waals surface area contributed by atoms with Crippen LogP contribution in [0.25, 0.3) is 0 Å². The highest BCUT2D eigenvalue weighted by atomic mass is 16.2. The van der Waals surface area contributed by atoms with Gasteiger partial charge in [-0.15, -0.1) is 0 Å². The lowest BCUT2D eigenvalue weighted by Gasteiger charge is -2.32. The molecule has 0 unspecified atom stereocenters. The molecule has 1 aromatic carbocycles. The molecular formula is C17H25N3O. The van der Waals surface area contributed by atoms with Crippen LogP contribution in [0.3, 0.4) is 0 Å². The lowest BCUT2D eigenvalue weighted by molar-refractivity contribution is 0.186. The van der Waals surface area contributed by atoms with Crippen LogP contribution < -0.4 is 10.6 Å². The Labute approximate surface area is 126 Å². The van der Waals surface area contributed by atoms with Crippen molar-refractivity contribution >= 4 is 6.03 Å². The quantitative estimate of drug-likeness (QED) is 0.893. The highest BCUT2D eigenvalue weighted by Crippen LogP contribution is 2.29. The topological polar surface area (TPSA) is 44.4 Å². The van der Waals surface area contributed by atoms with Gasteiger partial charge in [-0.2, -0.15) is 0 Å². The second-order valence-electron chi connectivity index (χ2n) is 6.35. The van der Waals surface area contributed by atoms with Crippen molar-refractivity contribution in [3.63, 3.8) is 0 Å². The Kier molecular flexibility index (Phi) is 4.44. The van der Waals surface area contributed by atoms with Gasteiger partial charge in [0.25, 0.3) is 0 Å². The molecule has 21 heavy (non-hydrogen) atoms. The largest absolute Gasteiger partial charge is 0.335 e. The van der Waals surface area contributed by atoms with E-state index in [-0.39, 0.29) is 6.03 Å². The van der Waals surface area contributed by atoms with E-state index in [1.807, 2.05) is 0 Å². The maximum absolute atomic E-state index is 11.9. The summed E-state index contributed by atoms with van der Waals surface area (Å²) in [5.41, 5.74) is 2.38. The zero-order valence-corrected chi connectivity index (χ0v) is 12.8. The van der Waals surface area contributed by atoms with Crippen LogP contribution in [0.1, 0.15) is 36.8 Å². The summed E-state index contributed by atoms with van der Waals surface area (Å²) in [7, 11) is 0. The first kappa shape index (κ1) is 14.4. The molecule has 0 bridgehead atoms. The van der Waals surface area contributed by atoms with E-state index in [1.165, 1.54) is 18.4 Å². The normalized spacial score (nSPS) is 20.2. The summed E-state index contributed by atoms with van der Waals surface area (Å²) < 4.78 is 0. The number of piperidine rings is 1. The summed E-state index contributed by atoms with van der Waals surface area (Å²) in [4.78, 5) is 14.5. The molecule has 2 amide bonds. The van der Waals surface area contributed by atoms with E-state index in [9.17, 15) is 4.79 Å². The predicted molar refractivity (Wildman–Crippen MR) is 84.2 cm³/mol. The van der Waals surface area contributed by atoms with Gasteiger partial charge >= 0.3 is 6.03 Å². The summed E-state index contributed by atoms with van der Waals surface area (Å²) in [5.74, 6) is 0. The third-order valence-electron chi connectivity index (χ3n) is 4.50. The Bertz CT molecular complexity index is 473. The first-order valence-corrected chi connectivity index (χ1v) is 8.04. The highest BCUT2D eigenvalue weighted by molar-refractivity contribution is 5.74. The fourth-order valence-corrected chi connectivity index (χ4v) is 2.97. The molecule has 114 valence electrons. The molecule has 4 heteroatoms. The number of nitrogens with one attached hydrogen (secondary N) is 2. The van der Waals surface area contributed by atoms with Crippen LogP contribution in [0.2, 0.25) is 0 Å². The molecule has 0 spiro atoms. The molecule has 0 radical (unpaired) electrons. The van der Waals surface area contributed by atoms with Crippen molar-refractivity contribution in [1.82, 2.24) is 15.5 Å². The Hall–Kier alpha value is -1.55. The molecule has 1 saturated heterocycles. The molecule has 2 fully saturated rings. The van der Waals surface area contributed by atoms with Crippen LogP contribution in [0.5, 0.6) is 0 Å². The molecule has 2 N–H and O–H groups in total. The number of carbonyl (C=O) groups is 1. The number of benzene rings is 1. The fraction of sp³-hybridized carbons (Fsp3) is 0.588. The van der Waals surface area contributed by atoms with Gasteiger partial charge < -0.3 is 15.5 Å². The molecule has 0 aromatic heterocycles. The lowest BCUT2D eigenvalue weighted by atomic mass is 10.1. The van der Waals surface area contributed by atoms with Crippen LogP contribution in [-0.2, 0) is 6.54 Å². The van der Waals surface area contributed by atoms with Crippen molar-refractivity contribution in [2.45, 2.75) is 51.2 Å². The number of aryl methyl sites for hydroxylation is 1. The molecule has 1 saturated carbocycles. The monoisotopic (exact) mass is 287 g/mol. The number of hydrogen-bond donors (Lipinski definition) is 2. The molecule has 4 nitrogen and oxygen atoms in total. The van der Waals surface area contributed by atoms with Gasteiger partial charge in [0.2, 0.25) is 0 Å². The third-order valence-corrected chi connectivity index (χ3v) is 4.50. The van der Waals surface area contributed by atoms with E-state index < -0.39 is 0 Å². The minimum Gasteiger partial charge on any atom is -0.335 e. The third kappa shape index (κ3) is 4.21. The van der Waals surface area contributed by atoms with Crippen LogP contribution in [0.15, 0.2) is 24.3 Å². The lowest BCUT2D eigenvalue weighted by Crippen LogP contribution is -2.48. The number of carbonyl (C=O) groups excluding carboxylic acids is 1. The van der Waals surface area contributed by atoms with Crippen LogP contribution in [-0.4, -0.2) is 36.1 Å². The van der Waals surface area contributed by atoms with E-state index in [0.29, 0.717) is 12.6 Å². The van der Waals surface area contributed by atoms with Gasteiger partial charge in [-0.1, -0.05) is 29.8 Å².